The normalized spacial score (nSPS) is 16.2. The van der Waals surface area contributed by atoms with Gasteiger partial charge in [0.2, 0.25) is 5.89 Å². The summed E-state index contributed by atoms with van der Waals surface area (Å²) in [5, 5.41) is 4.79. The van der Waals surface area contributed by atoms with Crippen molar-refractivity contribution >= 4 is 17.3 Å². The van der Waals surface area contributed by atoms with Gasteiger partial charge in [0.05, 0.1) is 6.54 Å². The molecule has 6 heteroatoms. The molecule has 1 fully saturated rings. The van der Waals surface area contributed by atoms with Gasteiger partial charge in [0.15, 0.2) is 5.82 Å². The molecule has 1 aromatic heterocycles. The maximum absolute atomic E-state index is 6.06. The molecule has 0 bridgehead atoms. The van der Waals surface area contributed by atoms with Crippen LogP contribution in [0.15, 0.2) is 28.8 Å². The maximum atomic E-state index is 6.06. The average Bonchev–Trinajstić information content (AvgIpc) is 2.96. The molecule has 0 atom stereocenters. The third kappa shape index (κ3) is 3.78. The van der Waals surface area contributed by atoms with Crippen molar-refractivity contribution in [2.45, 2.75) is 26.3 Å². The Bertz CT molecular complexity index is 608. The first-order chi connectivity index (χ1) is 10.7. The summed E-state index contributed by atoms with van der Waals surface area (Å²) in [5.74, 6) is 1.54. The van der Waals surface area contributed by atoms with Crippen LogP contribution in [0.1, 0.15) is 25.1 Å². The third-order valence-corrected chi connectivity index (χ3v) is 4.12. The summed E-state index contributed by atoms with van der Waals surface area (Å²) in [7, 11) is 0. The molecule has 0 radical (unpaired) electrons. The molecule has 5 nitrogen and oxygen atoms in total. The zero-order chi connectivity index (χ0) is 15.4. The lowest BCUT2D eigenvalue weighted by Crippen LogP contribution is -2.46. The monoisotopic (exact) mass is 320 g/mol. The number of aromatic nitrogens is 2. The first-order valence-corrected chi connectivity index (χ1v) is 8.16. The first-order valence-electron chi connectivity index (χ1n) is 7.79. The van der Waals surface area contributed by atoms with Gasteiger partial charge in [0, 0.05) is 43.3 Å². The number of anilines is 1. The second kappa shape index (κ2) is 7.11. The fourth-order valence-electron chi connectivity index (χ4n) is 2.71. The highest BCUT2D eigenvalue weighted by molar-refractivity contribution is 6.30. The standard InChI is InChI=1S/C16H21ClN4O/c1-2-4-15-18-16(22-19-15)12-20-7-9-21(10-8-20)14-6-3-5-13(17)11-14/h3,5-6,11H,2,4,7-10,12H2,1H3. The van der Waals surface area contributed by atoms with E-state index in [0.29, 0.717) is 0 Å². The Labute approximate surface area is 135 Å². The van der Waals surface area contributed by atoms with Crippen LogP contribution < -0.4 is 4.90 Å². The zero-order valence-electron chi connectivity index (χ0n) is 12.8. The van der Waals surface area contributed by atoms with Crippen LogP contribution in [-0.4, -0.2) is 41.2 Å². The summed E-state index contributed by atoms with van der Waals surface area (Å²) >= 11 is 6.06. The van der Waals surface area contributed by atoms with Crippen molar-refractivity contribution in [2.75, 3.05) is 31.1 Å². The lowest BCUT2D eigenvalue weighted by Gasteiger charge is -2.35. The van der Waals surface area contributed by atoms with Crippen LogP contribution in [0.25, 0.3) is 0 Å². The van der Waals surface area contributed by atoms with E-state index in [1.807, 2.05) is 18.2 Å². The minimum absolute atomic E-state index is 0.722. The van der Waals surface area contributed by atoms with Crippen LogP contribution in [-0.2, 0) is 13.0 Å². The molecule has 0 unspecified atom stereocenters. The fraction of sp³-hybridized carbons (Fsp3) is 0.500. The van der Waals surface area contributed by atoms with Crippen LogP contribution in [0.4, 0.5) is 5.69 Å². The SMILES string of the molecule is CCCc1noc(CN2CCN(c3cccc(Cl)c3)CC2)n1. The van der Waals surface area contributed by atoms with Crippen molar-refractivity contribution in [1.82, 2.24) is 15.0 Å². The van der Waals surface area contributed by atoms with E-state index in [2.05, 4.69) is 32.9 Å². The van der Waals surface area contributed by atoms with Crippen LogP contribution in [0.3, 0.4) is 0 Å². The molecule has 1 aliphatic rings. The quantitative estimate of drug-likeness (QED) is 0.847. The average molecular weight is 321 g/mol. The second-order valence-electron chi connectivity index (χ2n) is 5.60. The zero-order valence-corrected chi connectivity index (χ0v) is 13.6. The smallest absolute Gasteiger partial charge is 0.240 e. The summed E-state index contributed by atoms with van der Waals surface area (Å²) in [6.07, 6.45) is 1.92. The number of halogens is 1. The minimum Gasteiger partial charge on any atom is -0.369 e. The van der Waals surface area contributed by atoms with Crippen molar-refractivity contribution in [3.8, 4) is 0 Å². The summed E-state index contributed by atoms with van der Waals surface area (Å²) < 4.78 is 5.31. The van der Waals surface area contributed by atoms with Gasteiger partial charge in [0.25, 0.3) is 0 Å². The Morgan fingerprint density at radius 2 is 2.05 bits per heavy atom. The Morgan fingerprint density at radius 3 is 2.77 bits per heavy atom. The summed E-state index contributed by atoms with van der Waals surface area (Å²) in [5.41, 5.74) is 1.19. The number of hydrogen-bond donors (Lipinski definition) is 0. The number of rotatable bonds is 5. The lowest BCUT2D eigenvalue weighted by atomic mass is 10.2. The Hall–Kier alpha value is -1.59. The van der Waals surface area contributed by atoms with Crippen molar-refractivity contribution in [3.05, 3.63) is 41.0 Å². The van der Waals surface area contributed by atoms with Gasteiger partial charge in [-0.1, -0.05) is 29.7 Å². The Kier molecular flexibility index (Phi) is 4.95. The van der Waals surface area contributed by atoms with Crippen LogP contribution in [0.5, 0.6) is 0 Å². The Balaban J connectivity index is 1.53. The van der Waals surface area contributed by atoms with E-state index in [4.69, 9.17) is 16.1 Å². The predicted octanol–water partition coefficient (Wildman–Crippen LogP) is 3.00. The van der Waals surface area contributed by atoms with E-state index < -0.39 is 0 Å². The second-order valence-corrected chi connectivity index (χ2v) is 6.03. The number of hydrogen-bond acceptors (Lipinski definition) is 5. The Morgan fingerprint density at radius 1 is 1.23 bits per heavy atom. The molecule has 2 heterocycles. The highest BCUT2D eigenvalue weighted by atomic mass is 35.5. The maximum Gasteiger partial charge on any atom is 0.240 e. The number of aryl methyl sites for hydroxylation is 1. The number of piperazine rings is 1. The van der Waals surface area contributed by atoms with Gasteiger partial charge in [0.1, 0.15) is 0 Å². The summed E-state index contributed by atoms with van der Waals surface area (Å²) in [4.78, 5) is 9.14. The van der Waals surface area contributed by atoms with Gasteiger partial charge in [-0.2, -0.15) is 4.98 Å². The van der Waals surface area contributed by atoms with Crippen molar-refractivity contribution in [2.24, 2.45) is 0 Å². The van der Waals surface area contributed by atoms with E-state index in [-0.39, 0.29) is 0 Å². The minimum atomic E-state index is 0.722. The molecule has 1 saturated heterocycles. The van der Waals surface area contributed by atoms with E-state index in [9.17, 15) is 0 Å². The summed E-state index contributed by atoms with van der Waals surface area (Å²) in [6.45, 7) is 6.79. The van der Waals surface area contributed by atoms with Crippen LogP contribution >= 0.6 is 11.6 Å². The highest BCUT2D eigenvalue weighted by Gasteiger charge is 2.19. The van der Waals surface area contributed by atoms with Gasteiger partial charge >= 0.3 is 0 Å². The van der Waals surface area contributed by atoms with Crippen molar-refractivity contribution in [1.29, 1.82) is 0 Å². The van der Waals surface area contributed by atoms with Crippen molar-refractivity contribution in [3.63, 3.8) is 0 Å². The van der Waals surface area contributed by atoms with E-state index in [1.165, 1.54) is 5.69 Å². The summed E-state index contributed by atoms with van der Waals surface area (Å²) in [6, 6.07) is 8.03. The molecular weight excluding hydrogens is 300 g/mol. The predicted molar refractivity (Wildman–Crippen MR) is 87.2 cm³/mol. The van der Waals surface area contributed by atoms with Crippen molar-refractivity contribution < 1.29 is 4.52 Å². The van der Waals surface area contributed by atoms with Gasteiger partial charge in [-0.15, -0.1) is 0 Å². The molecule has 22 heavy (non-hydrogen) atoms. The lowest BCUT2D eigenvalue weighted by molar-refractivity contribution is 0.215. The van der Waals surface area contributed by atoms with Gasteiger partial charge in [-0.05, 0) is 24.6 Å². The number of benzene rings is 1. The van der Waals surface area contributed by atoms with E-state index in [0.717, 1.165) is 62.3 Å². The molecule has 1 aliphatic heterocycles. The molecule has 0 amide bonds. The fourth-order valence-corrected chi connectivity index (χ4v) is 2.89. The highest BCUT2D eigenvalue weighted by Crippen LogP contribution is 2.21. The van der Waals surface area contributed by atoms with Gasteiger partial charge in [-0.25, -0.2) is 0 Å². The molecule has 2 aromatic rings. The molecule has 1 aromatic carbocycles. The molecule has 118 valence electrons. The largest absolute Gasteiger partial charge is 0.369 e. The molecule has 0 spiro atoms. The molecule has 0 N–H and O–H groups in total. The van der Waals surface area contributed by atoms with Crippen LogP contribution in [0.2, 0.25) is 5.02 Å². The van der Waals surface area contributed by atoms with E-state index >= 15 is 0 Å². The van der Waals surface area contributed by atoms with Gasteiger partial charge < -0.3 is 9.42 Å². The molecule has 0 saturated carbocycles. The molecule has 0 aliphatic carbocycles. The van der Waals surface area contributed by atoms with Crippen LogP contribution in [0, 0.1) is 0 Å². The molecular formula is C16H21ClN4O. The number of nitrogens with zero attached hydrogens (tertiary/aromatic N) is 4. The third-order valence-electron chi connectivity index (χ3n) is 3.89. The van der Waals surface area contributed by atoms with E-state index in [1.54, 1.807) is 0 Å². The van der Waals surface area contributed by atoms with Gasteiger partial charge in [-0.3, -0.25) is 4.90 Å². The molecule has 3 rings (SSSR count). The first kappa shape index (κ1) is 15.3. The topological polar surface area (TPSA) is 45.4 Å².